The summed E-state index contributed by atoms with van der Waals surface area (Å²) < 4.78 is 2.65. The molecule has 0 aliphatic heterocycles. The van der Waals surface area contributed by atoms with Crippen LogP contribution in [0.1, 0.15) is 0 Å². The zero-order chi connectivity index (χ0) is 34.4. The molecule has 1 aromatic heterocycles. The van der Waals surface area contributed by atoms with Crippen molar-refractivity contribution in [3.63, 3.8) is 0 Å². The number of fused-ring (bicyclic) bond motifs is 6. The molecule has 0 amide bonds. The van der Waals surface area contributed by atoms with E-state index in [0.29, 0.717) is 0 Å². The molecule has 10 aromatic rings. The van der Waals surface area contributed by atoms with E-state index in [-0.39, 0.29) is 0 Å². The zero-order valence-electron chi connectivity index (χ0n) is 28.4. The lowest BCUT2D eigenvalue weighted by Gasteiger charge is -2.26. The molecule has 1 heterocycles. The zero-order valence-corrected chi connectivity index (χ0v) is 29.2. The van der Waals surface area contributed by atoms with Crippen molar-refractivity contribution in [3.05, 3.63) is 200 Å². The lowest BCUT2D eigenvalue weighted by Crippen LogP contribution is -2.09. The third kappa shape index (κ3) is 5.24. The molecule has 0 saturated heterocycles. The number of anilines is 3. The molecule has 0 aliphatic carbocycles. The van der Waals surface area contributed by atoms with E-state index in [2.05, 4.69) is 205 Å². The molecule has 0 bridgehead atoms. The molecule has 0 aliphatic rings. The van der Waals surface area contributed by atoms with Crippen molar-refractivity contribution in [2.24, 2.45) is 0 Å². The van der Waals surface area contributed by atoms with E-state index in [1.807, 2.05) is 11.3 Å². The lowest BCUT2D eigenvalue weighted by molar-refractivity contribution is 1.28. The summed E-state index contributed by atoms with van der Waals surface area (Å²) in [4.78, 5) is 2.36. The van der Waals surface area contributed by atoms with Gasteiger partial charge in [0.2, 0.25) is 0 Å². The van der Waals surface area contributed by atoms with E-state index < -0.39 is 0 Å². The predicted octanol–water partition coefficient (Wildman–Crippen LogP) is 14.8. The van der Waals surface area contributed by atoms with E-state index in [1.165, 1.54) is 75.1 Å². The number of hydrogen-bond acceptors (Lipinski definition) is 2. The molecule has 244 valence electrons. The molecule has 0 unspecified atom stereocenters. The average molecular weight is 680 g/mol. The Bertz CT molecular complexity index is 2860. The first kappa shape index (κ1) is 30.4. The minimum absolute atomic E-state index is 1.11. The maximum atomic E-state index is 2.39. The second-order valence-electron chi connectivity index (χ2n) is 13.3. The Hall–Kier alpha value is -6.48. The number of rotatable bonds is 6. The standard InChI is InChI=1S/C50H33NS/c1-2-11-34(12-3-1)35-21-27-39(28-22-35)51(40-29-23-37(24-30-40)43-19-10-14-36-13-4-5-15-42(36)43)41-31-25-38(26-32-41)47-33-49-50(45-17-7-6-16-44(45)47)46-18-8-9-20-48(46)52-49/h1-33H. The first-order valence-electron chi connectivity index (χ1n) is 17.8. The molecule has 0 N–H and O–H groups in total. The van der Waals surface area contributed by atoms with Gasteiger partial charge in [-0.25, -0.2) is 0 Å². The quantitative estimate of drug-likeness (QED) is 0.169. The average Bonchev–Trinajstić information content (AvgIpc) is 3.61. The monoisotopic (exact) mass is 679 g/mol. The summed E-state index contributed by atoms with van der Waals surface area (Å²) in [6.07, 6.45) is 0. The van der Waals surface area contributed by atoms with Crippen molar-refractivity contribution in [3.8, 4) is 33.4 Å². The van der Waals surface area contributed by atoms with Crippen LogP contribution in [0.25, 0.3) is 75.1 Å². The maximum Gasteiger partial charge on any atom is 0.0462 e. The summed E-state index contributed by atoms with van der Waals surface area (Å²) in [7, 11) is 0. The molecule has 9 aromatic carbocycles. The molecule has 2 heteroatoms. The van der Waals surface area contributed by atoms with Gasteiger partial charge in [-0.15, -0.1) is 11.3 Å². The minimum atomic E-state index is 1.11. The fourth-order valence-corrected chi connectivity index (χ4v) is 8.93. The molecule has 10 rings (SSSR count). The van der Waals surface area contributed by atoms with Crippen molar-refractivity contribution < 1.29 is 0 Å². The highest BCUT2D eigenvalue weighted by atomic mass is 32.1. The Morgan fingerprint density at radius 1 is 0.308 bits per heavy atom. The highest BCUT2D eigenvalue weighted by Gasteiger charge is 2.17. The molecule has 1 nitrogen and oxygen atoms in total. The Balaban J connectivity index is 1.07. The third-order valence-corrected chi connectivity index (χ3v) is 11.4. The van der Waals surface area contributed by atoms with Gasteiger partial charge in [-0.05, 0) is 103 Å². The Kier molecular flexibility index (Phi) is 7.41. The van der Waals surface area contributed by atoms with Gasteiger partial charge in [0, 0.05) is 37.2 Å². The van der Waals surface area contributed by atoms with Crippen LogP contribution in [0.2, 0.25) is 0 Å². The molecule has 0 fully saturated rings. The first-order valence-corrected chi connectivity index (χ1v) is 18.6. The second-order valence-corrected chi connectivity index (χ2v) is 14.4. The summed E-state index contributed by atoms with van der Waals surface area (Å²) in [5.41, 5.74) is 10.7. The SMILES string of the molecule is c1ccc(-c2ccc(N(c3ccc(-c4cccc5ccccc45)cc3)c3ccc(-c4cc5sc6ccccc6c5c5ccccc45)cc3)cc2)cc1. The highest BCUT2D eigenvalue weighted by molar-refractivity contribution is 7.26. The van der Waals surface area contributed by atoms with Crippen LogP contribution < -0.4 is 4.90 Å². The first-order chi connectivity index (χ1) is 25.8. The molecule has 52 heavy (non-hydrogen) atoms. The van der Waals surface area contributed by atoms with Gasteiger partial charge < -0.3 is 4.90 Å². The van der Waals surface area contributed by atoms with Gasteiger partial charge in [0.25, 0.3) is 0 Å². The molecular formula is C50H33NS. The third-order valence-electron chi connectivity index (χ3n) is 10.3. The van der Waals surface area contributed by atoms with Crippen LogP contribution in [0, 0.1) is 0 Å². The van der Waals surface area contributed by atoms with Crippen LogP contribution in [-0.2, 0) is 0 Å². The van der Waals surface area contributed by atoms with Crippen molar-refractivity contribution in [2.75, 3.05) is 4.90 Å². The molecule has 0 saturated carbocycles. The van der Waals surface area contributed by atoms with E-state index in [0.717, 1.165) is 17.1 Å². The van der Waals surface area contributed by atoms with Gasteiger partial charge in [-0.1, -0.05) is 152 Å². The molecular weight excluding hydrogens is 647 g/mol. The Morgan fingerprint density at radius 2 is 0.808 bits per heavy atom. The van der Waals surface area contributed by atoms with Gasteiger partial charge in [-0.3, -0.25) is 0 Å². The van der Waals surface area contributed by atoms with Crippen molar-refractivity contribution in [2.45, 2.75) is 0 Å². The number of thiophene rings is 1. The van der Waals surface area contributed by atoms with Crippen LogP contribution in [0.3, 0.4) is 0 Å². The minimum Gasteiger partial charge on any atom is -0.311 e. The normalized spacial score (nSPS) is 11.5. The van der Waals surface area contributed by atoms with Crippen LogP contribution in [-0.4, -0.2) is 0 Å². The van der Waals surface area contributed by atoms with E-state index in [4.69, 9.17) is 0 Å². The van der Waals surface area contributed by atoms with Crippen molar-refractivity contribution >= 4 is 70.1 Å². The summed E-state index contributed by atoms with van der Waals surface area (Å²) in [6.45, 7) is 0. The van der Waals surface area contributed by atoms with E-state index in [1.54, 1.807) is 0 Å². The van der Waals surface area contributed by atoms with Gasteiger partial charge in [0.15, 0.2) is 0 Å². The van der Waals surface area contributed by atoms with Gasteiger partial charge in [0.05, 0.1) is 0 Å². The lowest BCUT2D eigenvalue weighted by atomic mass is 9.95. The molecule has 0 atom stereocenters. The topological polar surface area (TPSA) is 3.24 Å². The highest BCUT2D eigenvalue weighted by Crippen LogP contribution is 2.44. The van der Waals surface area contributed by atoms with E-state index in [9.17, 15) is 0 Å². The Morgan fingerprint density at radius 3 is 1.50 bits per heavy atom. The summed E-state index contributed by atoms with van der Waals surface area (Å²) in [6, 6.07) is 72.8. The van der Waals surface area contributed by atoms with Crippen LogP contribution in [0.4, 0.5) is 17.1 Å². The van der Waals surface area contributed by atoms with Gasteiger partial charge >= 0.3 is 0 Å². The number of hydrogen-bond donors (Lipinski definition) is 0. The fourth-order valence-electron chi connectivity index (χ4n) is 7.77. The number of nitrogens with zero attached hydrogens (tertiary/aromatic N) is 1. The van der Waals surface area contributed by atoms with Gasteiger partial charge in [0.1, 0.15) is 0 Å². The summed E-state index contributed by atoms with van der Waals surface area (Å²) >= 11 is 1.88. The fraction of sp³-hybridized carbons (Fsp3) is 0. The summed E-state index contributed by atoms with van der Waals surface area (Å²) in [5, 5.41) is 7.80. The van der Waals surface area contributed by atoms with Gasteiger partial charge in [-0.2, -0.15) is 0 Å². The van der Waals surface area contributed by atoms with Crippen LogP contribution in [0.5, 0.6) is 0 Å². The largest absolute Gasteiger partial charge is 0.311 e. The molecule has 0 spiro atoms. The summed E-state index contributed by atoms with van der Waals surface area (Å²) in [5.74, 6) is 0. The van der Waals surface area contributed by atoms with Crippen LogP contribution >= 0.6 is 11.3 Å². The smallest absolute Gasteiger partial charge is 0.0462 e. The molecule has 0 radical (unpaired) electrons. The van der Waals surface area contributed by atoms with Crippen LogP contribution in [0.15, 0.2) is 200 Å². The maximum absolute atomic E-state index is 2.39. The second kappa shape index (κ2) is 12.7. The predicted molar refractivity (Wildman–Crippen MR) is 225 cm³/mol. The van der Waals surface area contributed by atoms with E-state index >= 15 is 0 Å². The Labute approximate surface area is 307 Å². The van der Waals surface area contributed by atoms with Crippen molar-refractivity contribution in [1.82, 2.24) is 0 Å². The number of benzene rings is 9. The van der Waals surface area contributed by atoms with Crippen molar-refractivity contribution in [1.29, 1.82) is 0 Å².